The second-order valence-electron chi connectivity index (χ2n) is 0.504. The van der Waals surface area contributed by atoms with Gasteiger partial charge in [0.1, 0.15) is 0 Å². The monoisotopic (exact) mass is 175 g/mol. The standard InChI is InChI=1S/Cu.H3NO4S/c;1-5-6(2,3)4/h;1H2,(H,2,3,4)/q+2;/p-1. The van der Waals surface area contributed by atoms with Crippen LogP contribution in [0.4, 0.5) is 0 Å². The molecule has 7 heavy (non-hydrogen) atoms. The number of hydrogen-bond acceptors (Lipinski definition) is 5. The third-order valence-electron chi connectivity index (χ3n) is 0.118. The van der Waals surface area contributed by atoms with Crippen LogP contribution < -0.4 is 5.90 Å². The van der Waals surface area contributed by atoms with Crippen molar-refractivity contribution in [3.8, 4) is 0 Å². The molecule has 0 fully saturated rings. The Morgan fingerprint density at radius 1 is 1.57 bits per heavy atom. The summed E-state index contributed by atoms with van der Waals surface area (Å²) < 4.78 is 30.1. The minimum Gasteiger partial charge on any atom is -0.724 e. The molecule has 0 bridgehead atoms. The first kappa shape index (κ1) is 10.4. The molecule has 0 saturated heterocycles. The van der Waals surface area contributed by atoms with E-state index in [9.17, 15) is 0 Å². The maximum Gasteiger partial charge on any atom is 2.00 e. The molecule has 0 aliphatic carbocycles. The van der Waals surface area contributed by atoms with Crippen LogP contribution in [0.15, 0.2) is 0 Å². The Morgan fingerprint density at radius 3 is 1.71 bits per heavy atom. The molecule has 0 rings (SSSR count). The molecule has 5 nitrogen and oxygen atoms in total. The van der Waals surface area contributed by atoms with Crippen molar-refractivity contribution in [3.63, 3.8) is 0 Å². The van der Waals surface area contributed by atoms with Crippen molar-refractivity contribution in [2.75, 3.05) is 0 Å². The third kappa shape index (κ3) is 10.7. The van der Waals surface area contributed by atoms with Crippen molar-refractivity contribution < 1.29 is 34.3 Å². The van der Waals surface area contributed by atoms with Gasteiger partial charge in [-0.1, -0.05) is 0 Å². The van der Waals surface area contributed by atoms with Gasteiger partial charge >= 0.3 is 17.1 Å². The summed E-state index contributed by atoms with van der Waals surface area (Å²) in [6, 6.07) is 0. The Kier molecular flexibility index (Phi) is 4.98. The van der Waals surface area contributed by atoms with Crippen LogP contribution in [0.5, 0.6) is 0 Å². The van der Waals surface area contributed by atoms with E-state index in [4.69, 9.17) is 13.0 Å². The maximum atomic E-state index is 9.10. The minimum atomic E-state index is -4.63. The quantitative estimate of drug-likeness (QED) is 0.223. The Morgan fingerprint density at radius 2 is 1.71 bits per heavy atom. The molecule has 0 heterocycles. The molecule has 0 aliphatic rings. The van der Waals surface area contributed by atoms with Crippen LogP contribution >= 0.6 is 0 Å². The van der Waals surface area contributed by atoms with Gasteiger partial charge in [0, 0.05) is 0 Å². The van der Waals surface area contributed by atoms with Crippen molar-refractivity contribution >= 4 is 10.4 Å². The summed E-state index contributed by atoms with van der Waals surface area (Å²) >= 11 is 0. The molecule has 0 aromatic carbocycles. The summed E-state index contributed by atoms with van der Waals surface area (Å²) in [4.78, 5) is 0. The summed E-state index contributed by atoms with van der Waals surface area (Å²) in [7, 11) is -4.63. The van der Waals surface area contributed by atoms with Crippen LogP contribution in [0.25, 0.3) is 0 Å². The SMILES string of the molecule is NOS(=O)(=O)[O-].[Cu+2]. The van der Waals surface area contributed by atoms with Crippen LogP contribution in [0, 0.1) is 0 Å². The van der Waals surface area contributed by atoms with E-state index < -0.39 is 10.4 Å². The fourth-order valence-electron chi connectivity index (χ4n) is 0. The zero-order chi connectivity index (χ0) is 5.21. The second-order valence-corrected chi connectivity index (χ2v) is 1.51. The maximum absolute atomic E-state index is 9.10. The molecule has 0 atom stereocenters. The van der Waals surface area contributed by atoms with Crippen LogP contribution in [0.1, 0.15) is 0 Å². The van der Waals surface area contributed by atoms with Gasteiger partial charge in [-0.3, -0.25) is 0 Å². The predicted molar refractivity (Wildman–Crippen MR) is 15.0 cm³/mol. The van der Waals surface area contributed by atoms with Crippen molar-refractivity contribution in [1.82, 2.24) is 0 Å². The molecule has 0 spiro atoms. The van der Waals surface area contributed by atoms with Crippen LogP contribution in [-0.2, 0) is 31.8 Å². The fourth-order valence-corrected chi connectivity index (χ4v) is 0. The first-order valence-corrected chi connectivity index (χ1v) is 2.24. The Hall–Kier alpha value is 0.349. The van der Waals surface area contributed by atoms with Gasteiger partial charge in [-0.15, -0.1) is 0 Å². The van der Waals surface area contributed by atoms with Gasteiger partial charge in [0.15, 0.2) is 0 Å². The van der Waals surface area contributed by atoms with Gasteiger partial charge in [-0.05, 0) is 0 Å². The van der Waals surface area contributed by atoms with E-state index in [0.29, 0.717) is 0 Å². The van der Waals surface area contributed by atoms with E-state index in [2.05, 4.69) is 10.2 Å². The van der Waals surface area contributed by atoms with Gasteiger partial charge < -0.3 is 4.55 Å². The van der Waals surface area contributed by atoms with E-state index >= 15 is 0 Å². The van der Waals surface area contributed by atoms with E-state index in [0.717, 1.165) is 0 Å². The van der Waals surface area contributed by atoms with Gasteiger partial charge in [-0.2, -0.15) is 10.2 Å². The summed E-state index contributed by atoms with van der Waals surface area (Å²) in [5, 5.41) is 0. The predicted octanol–water partition coefficient (Wildman–Crippen LogP) is -1.67. The van der Waals surface area contributed by atoms with Crippen molar-refractivity contribution in [2.24, 2.45) is 5.90 Å². The number of hydrogen-bond donors (Lipinski definition) is 1. The third-order valence-corrected chi connectivity index (χ3v) is 0.354. The molecule has 0 amide bonds. The van der Waals surface area contributed by atoms with Crippen molar-refractivity contribution in [2.45, 2.75) is 0 Å². The average Bonchev–Trinajstić information content (AvgIpc) is 1.35. The number of rotatable bonds is 1. The van der Waals surface area contributed by atoms with E-state index in [-0.39, 0.29) is 17.1 Å². The van der Waals surface area contributed by atoms with Crippen LogP contribution in [0.2, 0.25) is 0 Å². The summed E-state index contributed by atoms with van der Waals surface area (Å²) in [5.74, 6) is 3.91. The first-order valence-electron chi connectivity index (χ1n) is 0.902. The topological polar surface area (TPSA) is 92.5 Å². The molecular formula is H2CuNO4S+. The molecule has 0 aromatic rings. The summed E-state index contributed by atoms with van der Waals surface area (Å²) in [6.07, 6.45) is 0. The Balaban J connectivity index is 0. The normalized spacial score (nSPS) is 10.0. The van der Waals surface area contributed by atoms with Gasteiger partial charge in [0.2, 0.25) is 10.4 Å². The molecule has 47 valence electrons. The van der Waals surface area contributed by atoms with Crippen molar-refractivity contribution in [1.29, 1.82) is 0 Å². The molecule has 0 unspecified atom stereocenters. The largest absolute Gasteiger partial charge is 2.00 e. The van der Waals surface area contributed by atoms with Crippen LogP contribution in [0.3, 0.4) is 0 Å². The Labute approximate surface area is 51.2 Å². The van der Waals surface area contributed by atoms with Crippen LogP contribution in [-0.4, -0.2) is 13.0 Å². The summed E-state index contributed by atoms with van der Waals surface area (Å²) in [5.41, 5.74) is 0. The molecule has 7 heteroatoms. The molecule has 0 aliphatic heterocycles. The van der Waals surface area contributed by atoms with E-state index in [1.807, 2.05) is 0 Å². The average molecular weight is 176 g/mol. The molecular weight excluding hydrogens is 174 g/mol. The minimum absolute atomic E-state index is 0. The summed E-state index contributed by atoms with van der Waals surface area (Å²) in [6.45, 7) is 0. The fraction of sp³-hybridized carbons (Fsp3) is 0. The molecule has 1 radical (unpaired) electrons. The smallest absolute Gasteiger partial charge is 0.724 e. The Bertz CT molecular complexity index is 114. The zero-order valence-corrected chi connectivity index (χ0v) is 4.68. The van der Waals surface area contributed by atoms with Gasteiger partial charge in [-0.25, -0.2) is 8.42 Å². The number of nitrogens with two attached hydrogens (primary N) is 1. The van der Waals surface area contributed by atoms with Gasteiger partial charge in [0.05, 0.1) is 0 Å². The molecule has 0 aromatic heterocycles. The van der Waals surface area contributed by atoms with E-state index in [1.165, 1.54) is 0 Å². The molecule has 0 saturated carbocycles. The second kappa shape index (κ2) is 3.36. The van der Waals surface area contributed by atoms with Crippen molar-refractivity contribution in [3.05, 3.63) is 0 Å². The van der Waals surface area contributed by atoms with Gasteiger partial charge in [0.25, 0.3) is 0 Å². The van der Waals surface area contributed by atoms with E-state index in [1.54, 1.807) is 0 Å². The zero-order valence-electron chi connectivity index (χ0n) is 2.92. The first-order chi connectivity index (χ1) is 2.56. The molecule has 2 N–H and O–H groups in total.